The maximum absolute atomic E-state index is 12.6. The summed E-state index contributed by atoms with van der Waals surface area (Å²) in [4.78, 5) is 0. The van der Waals surface area contributed by atoms with Crippen LogP contribution in [-0.4, -0.2) is 6.61 Å². The van der Waals surface area contributed by atoms with Gasteiger partial charge in [-0.1, -0.05) is 6.08 Å². The molecular weight excluding hydrogens is 179 g/mol. The van der Waals surface area contributed by atoms with Crippen molar-refractivity contribution < 1.29 is 9.13 Å². The molecule has 0 aliphatic heterocycles. The molecule has 0 unspecified atom stereocenters. The first-order chi connectivity index (χ1) is 6.83. The van der Waals surface area contributed by atoms with E-state index in [9.17, 15) is 4.39 Å². The topological polar surface area (TPSA) is 9.23 Å². The van der Waals surface area contributed by atoms with E-state index in [0.29, 0.717) is 12.4 Å². The predicted molar refractivity (Wildman–Crippen MR) is 54.8 cm³/mol. The molecule has 0 spiro atoms. The molecule has 0 aromatic heterocycles. The lowest BCUT2D eigenvalue weighted by Gasteiger charge is -2.04. The summed E-state index contributed by atoms with van der Waals surface area (Å²) in [6, 6.07) is 6.99. The van der Waals surface area contributed by atoms with E-state index in [-0.39, 0.29) is 5.82 Å². The molecule has 0 saturated carbocycles. The maximum Gasteiger partial charge on any atom is 0.134 e. The Morgan fingerprint density at radius 3 is 3.07 bits per heavy atom. The second kappa shape index (κ2) is 6.19. The molecule has 0 aliphatic carbocycles. The van der Waals surface area contributed by atoms with Crippen molar-refractivity contribution in [3.8, 4) is 5.75 Å². The highest BCUT2D eigenvalue weighted by molar-refractivity contribution is 5.21. The maximum atomic E-state index is 12.6. The van der Waals surface area contributed by atoms with Crippen LogP contribution < -0.4 is 4.74 Å². The largest absolute Gasteiger partial charge is 0.493 e. The number of unbranched alkanes of at least 4 members (excludes halogenated alkanes) is 2. The number of hydrogen-bond acceptors (Lipinski definition) is 1. The van der Waals surface area contributed by atoms with Crippen LogP contribution in [0.25, 0.3) is 0 Å². The van der Waals surface area contributed by atoms with Crippen LogP contribution >= 0.6 is 0 Å². The summed E-state index contributed by atoms with van der Waals surface area (Å²) in [5.74, 6) is 0.188. The first-order valence-electron chi connectivity index (χ1n) is 4.74. The molecule has 1 aromatic rings. The fourth-order valence-corrected chi connectivity index (χ4v) is 1.09. The van der Waals surface area contributed by atoms with Gasteiger partial charge in [-0.3, -0.25) is 0 Å². The summed E-state index contributed by atoms with van der Waals surface area (Å²) in [6.07, 6.45) is 4.91. The minimum Gasteiger partial charge on any atom is -0.493 e. The van der Waals surface area contributed by atoms with Crippen molar-refractivity contribution in [3.63, 3.8) is 0 Å². The minimum atomic E-state index is -0.381. The van der Waals surface area contributed by atoms with Gasteiger partial charge in [0.2, 0.25) is 0 Å². The van der Waals surface area contributed by atoms with E-state index in [1.54, 1.807) is 6.07 Å². The molecule has 75 valence electrons. The summed E-state index contributed by atoms with van der Waals surface area (Å²) in [7, 11) is 0. The molecular formula is C12H14FO. The first-order valence-corrected chi connectivity index (χ1v) is 4.74. The van der Waals surface area contributed by atoms with Gasteiger partial charge < -0.3 is 4.74 Å². The van der Waals surface area contributed by atoms with Crippen molar-refractivity contribution in [2.45, 2.75) is 19.3 Å². The Kier molecular flexibility index (Phi) is 4.76. The number of hydrogen-bond donors (Lipinski definition) is 0. The van der Waals surface area contributed by atoms with E-state index in [2.05, 4.69) is 12.6 Å². The van der Waals surface area contributed by atoms with E-state index in [4.69, 9.17) is 4.74 Å². The summed E-state index contributed by atoms with van der Waals surface area (Å²) < 4.78 is 18.0. The Labute approximate surface area is 84.2 Å². The van der Waals surface area contributed by atoms with E-state index in [1.165, 1.54) is 12.1 Å². The Hall–Kier alpha value is -1.31. The molecule has 1 nitrogen and oxygen atoms in total. The SMILES string of the molecule is C=CCCCCOc1cc[c]c(F)c1. The van der Waals surface area contributed by atoms with Crippen molar-refractivity contribution in [1.29, 1.82) is 0 Å². The Bertz CT molecular complexity index is 283. The number of benzene rings is 1. The first kappa shape index (κ1) is 10.8. The molecule has 0 bridgehead atoms. The van der Waals surface area contributed by atoms with Crippen molar-refractivity contribution >= 4 is 0 Å². The molecule has 0 aliphatic rings. The molecule has 0 N–H and O–H groups in total. The van der Waals surface area contributed by atoms with Gasteiger partial charge in [0.1, 0.15) is 11.6 Å². The average molecular weight is 193 g/mol. The van der Waals surface area contributed by atoms with Gasteiger partial charge >= 0.3 is 0 Å². The highest BCUT2D eigenvalue weighted by Gasteiger charge is 1.95. The second-order valence-corrected chi connectivity index (χ2v) is 3.01. The van der Waals surface area contributed by atoms with Gasteiger partial charge in [0.05, 0.1) is 6.61 Å². The molecule has 0 fully saturated rings. The van der Waals surface area contributed by atoms with Crippen molar-refractivity contribution in [1.82, 2.24) is 0 Å². The molecule has 1 rings (SSSR count). The molecule has 1 aromatic carbocycles. The Morgan fingerprint density at radius 2 is 2.36 bits per heavy atom. The van der Waals surface area contributed by atoms with Crippen LogP contribution in [0.5, 0.6) is 5.75 Å². The van der Waals surface area contributed by atoms with Crippen molar-refractivity contribution in [2.24, 2.45) is 0 Å². The summed E-state index contributed by atoms with van der Waals surface area (Å²) in [5, 5.41) is 0. The number of allylic oxidation sites excluding steroid dienone is 1. The molecule has 0 heterocycles. The molecule has 2 heteroatoms. The number of halogens is 1. The summed E-state index contributed by atoms with van der Waals surface area (Å²) in [6.45, 7) is 4.26. The van der Waals surface area contributed by atoms with E-state index in [0.717, 1.165) is 19.3 Å². The quantitative estimate of drug-likeness (QED) is 0.497. The fraction of sp³-hybridized carbons (Fsp3) is 0.333. The van der Waals surface area contributed by atoms with E-state index < -0.39 is 0 Å². The van der Waals surface area contributed by atoms with Crippen molar-refractivity contribution in [2.75, 3.05) is 6.61 Å². The highest BCUT2D eigenvalue weighted by Crippen LogP contribution is 2.12. The van der Waals surface area contributed by atoms with Gasteiger partial charge in [0, 0.05) is 12.1 Å². The lowest BCUT2D eigenvalue weighted by Crippen LogP contribution is -1.97. The standard InChI is InChI=1S/C12H14FO/c1-2-3-4-5-9-14-12-8-6-7-11(13)10-12/h2,6,8,10H,1,3-5,9H2. The number of ether oxygens (including phenoxy) is 1. The third-order valence-electron chi connectivity index (χ3n) is 1.81. The highest BCUT2D eigenvalue weighted by atomic mass is 19.1. The molecule has 0 amide bonds. The molecule has 14 heavy (non-hydrogen) atoms. The van der Waals surface area contributed by atoms with Crippen LogP contribution in [0, 0.1) is 11.9 Å². The van der Waals surface area contributed by atoms with E-state index in [1.807, 2.05) is 6.08 Å². The zero-order valence-corrected chi connectivity index (χ0v) is 8.13. The average Bonchev–Trinajstić information content (AvgIpc) is 2.18. The summed E-state index contributed by atoms with van der Waals surface area (Å²) in [5.41, 5.74) is 0. The van der Waals surface area contributed by atoms with Crippen molar-refractivity contribution in [3.05, 3.63) is 42.7 Å². The van der Waals surface area contributed by atoms with Gasteiger partial charge in [-0.25, -0.2) is 4.39 Å². The molecule has 0 atom stereocenters. The normalized spacial score (nSPS) is 9.79. The van der Waals surface area contributed by atoms with Gasteiger partial charge in [0.25, 0.3) is 0 Å². The lowest BCUT2D eigenvalue weighted by atomic mass is 10.2. The summed E-state index contributed by atoms with van der Waals surface area (Å²) >= 11 is 0. The van der Waals surface area contributed by atoms with Crippen LogP contribution in [0.3, 0.4) is 0 Å². The van der Waals surface area contributed by atoms with Crippen LogP contribution in [0.4, 0.5) is 4.39 Å². The van der Waals surface area contributed by atoms with Crippen LogP contribution in [0.15, 0.2) is 30.9 Å². The third-order valence-corrected chi connectivity index (χ3v) is 1.81. The zero-order chi connectivity index (χ0) is 10.2. The Morgan fingerprint density at radius 1 is 1.50 bits per heavy atom. The third kappa shape index (κ3) is 4.08. The van der Waals surface area contributed by atoms with Crippen LogP contribution in [0.2, 0.25) is 0 Å². The molecule has 0 saturated heterocycles. The Balaban J connectivity index is 2.21. The van der Waals surface area contributed by atoms with Gasteiger partial charge in [-0.05, 0) is 31.4 Å². The molecule has 1 radical (unpaired) electrons. The lowest BCUT2D eigenvalue weighted by molar-refractivity contribution is 0.306. The fourth-order valence-electron chi connectivity index (χ4n) is 1.09. The minimum absolute atomic E-state index is 0.381. The monoisotopic (exact) mass is 193 g/mol. The van der Waals surface area contributed by atoms with Crippen LogP contribution in [-0.2, 0) is 0 Å². The van der Waals surface area contributed by atoms with E-state index >= 15 is 0 Å². The van der Waals surface area contributed by atoms with Gasteiger partial charge in [0.15, 0.2) is 0 Å². The van der Waals surface area contributed by atoms with Gasteiger partial charge in [-0.2, -0.15) is 0 Å². The smallest absolute Gasteiger partial charge is 0.134 e. The second-order valence-electron chi connectivity index (χ2n) is 3.01. The zero-order valence-electron chi connectivity index (χ0n) is 8.13. The number of rotatable bonds is 6. The van der Waals surface area contributed by atoms with Gasteiger partial charge in [-0.15, -0.1) is 6.58 Å². The van der Waals surface area contributed by atoms with Crippen LogP contribution in [0.1, 0.15) is 19.3 Å². The predicted octanol–water partition coefficient (Wildman–Crippen LogP) is 3.36.